The van der Waals surface area contributed by atoms with Crippen LogP contribution in [0.4, 0.5) is 8.78 Å². The normalized spacial score (nSPS) is 10.9. The van der Waals surface area contributed by atoms with E-state index in [2.05, 4.69) is 26.1 Å². The lowest BCUT2D eigenvalue weighted by Crippen LogP contribution is -2.06. The number of hydrogen-bond acceptors (Lipinski definition) is 3. The molecule has 0 saturated heterocycles. The predicted molar refractivity (Wildman–Crippen MR) is 65.6 cm³/mol. The molecule has 2 aromatic rings. The summed E-state index contributed by atoms with van der Waals surface area (Å²) in [6.45, 7) is -0.629. The molecule has 0 bridgehead atoms. The van der Waals surface area contributed by atoms with E-state index < -0.39 is 13.0 Å². The zero-order chi connectivity index (χ0) is 13.1. The van der Waals surface area contributed by atoms with Crippen LogP contribution in [0.5, 0.6) is 5.75 Å². The van der Waals surface area contributed by atoms with Gasteiger partial charge in [0, 0.05) is 17.1 Å². The van der Waals surface area contributed by atoms with Gasteiger partial charge in [0.2, 0.25) is 0 Å². The van der Waals surface area contributed by atoms with Gasteiger partial charge in [0.1, 0.15) is 18.1 Å². The number of benzene rings is 1. The van der Waals surface area contributed by atoms with Crippen molar-refractivity contribution in [3.8, 4) is 17.0 Å². The Kier molecular flexibility index (Phi) is 3.90. The maximum absolute atomic E-state index is 12.1. The molecule has 0 amide bonds. The van der Waals surface area contributed by atoms with E-state index >= 15 is 0 Å². The van der Waals surface area contributed by atoms with E-state index in [1.165, 1.54) is 4.80 Å². The Morgan fingerprint density at radius 3 is 2.78 bits per heavy atom. The molecule has 1 heterocycles. The molecule has 1 aromatic heterocycles. The molecule has 2 rings (SSSR count). The topological polar surface area (TPSA) is 39.9 Å². The highest BCUT2D eigenvalue weighted by molar-refractivity contribution is 9.10. The number of rotatable bonds is 4. The summed E-state index contributed by atoms with van der Waals surface area (Å²) in [5, 5.41) is 8.10. The van der Waals surface area contributed by atoms with E-state index in [4.69, 9.17) is 4.74 Å². The summed E-state index contributed by atoms with van der Waals surface area (Å²) in [6, 6.07) is 5.10. The van der Waals surface area contributed by atoms with Gasteiger partial charge in [-0.2, -0.15) is 15.0 Å². The Balaban J connectivity index is 2.26. The van der Waals surface area contributed by atoms with Gasteiger partial charge in [0.25, 0.3) is 6.43 Å². The van der Waals surface area contributed by atoms with E-state index in [0.717, 1.165) is 10.0 Å². The molecule has 0 aliphatic carbocycles. The second-order valence-corrected chi connectivity index (χ2v) is 4.51. The molecule has 0 spiro atoms. The third kappa shape index (κ3) is 3.25. The lowest BCUT2D eigenvalue weighted by atomic mass is 10.1. The molecule has 1 aromatic carbocycles. The lowest BCUT2D eigenvalue weighted by molar-refractivity contribution is 0.0819. The molecule has 96 valence electrons. The Bertz CT molecular complexity index is 545. The first-order chi connectivity index (χ1) is 8.54. The molecular formula is C11H10BrF2N3O. The first-order valence-electron chi connectivity index (χ1n) is 5.13. The van der Waals surface area contributed by atoms with E-state index in [9.17, 15) is 8.78 Å². The fourth-order valence-corrected chi connectivity index (χ4v) is 1.90. The van der Waals surface area contributed by atoms with Crippen LogP contribution in [0.3, 0.4) is 0 Å². The summed E-state index contributed by atoms with van der Waals surface area (Å²) < 4.78 is 29.9. The number of ether oxygens (including phenoxy) is 1. The largest absolute Gasteiger partial charge is 0.488 e. The van der Waals surface area contributed by atoms with Crippen molar-refractivity contribution in [2.75, 3.05) is 6.61 Å². The zero-order valence-electron chi connectivity index (χ0n) is 9.48. The number of hydrogen-bond donors (Lipinski definition) is 0. The van der Waals surface area contributed by atoms with E-state index in [0.29, 0.717) is 11.4 Å². The van der Waals surface area contributed by atoms with Gasteiger partial charge in [0.05, 0.1) is 6.20 Å². The summed E-state index contributed by atoms with van der Waals surface area (Å²) in [4.78, 5) is 1.43. The lowest BCUT2D eigenvalue weighted by Gasteiger charge is -2.07. The molecule has 0 atom stereocenters. The van der Waals surface area contributed by atoms with Gasteiger partial charge >= 0.3 is 0 Å². The van der Waals surface area contributed by atoms with Gasteiger partial charge in [-0.15, -0.1) is 0 Å². The summed E-state index contributed by atoms with van der Waals surface area (Å²) in [6.07, 6.45) is -0.900. The van der Waals surface area contributed by atoms with Crippen molar-refractivity contribution in [1.82, 2.24) is 15.0 Å². The van der Waals surface area contributed by atoms with Crippen LogP contribution in [0.25, 0.3) is 11.3 Å². The summed E-state index contributed by atoms with van der Waals surface area (Å²) in [7, 11) is 1.70. The standard InChI is InChI=1S/C11H10BrF2N3O/c1-17-15-5-10(16-17)7-2-8(12)4-9(3-7)18-6-11(13)14/h2-5,11H,6H2,1H3. The monoisotopic (exact) mass is 317 g/mol. The minimum Gasteiger partial charge on any atom is -0.488 e. The van der Waals surface area contributed by atoms with Crippen molar-refractivity contribution < 1.29 is 13.5 Å². The molecule has 0 saturated carbocycles. The Morgan fingerprint density at radius 1 is 1.39 bits per heavy atom. The zero-order valence-corrected chi connectivity index (χ0v) is 11.1. The van der Waals surface area contributed by atoms with Gasteiger partial charge in [0.15, 0.2) is 0 Å². The second kappa shape index (κ2) is 5.43. The number of aromatic nitrogens is 3. The molecule has 0 radical (unpaired) electrons. The van der Waals surface area contributed by atoms with Gasteiger partial charge in [-0.3, -0.25) is 0 Å². The van der Waals surface area contributed by atoms with Crippen LogP contribution in [0.1, 0.15) is 0 Å². The van der Waals surface area contributed by atoms with Crippen molar-refractivity contribution in [2.45, 2.75) is 6.43 Å². The van der Waals surface area contributed by atoms with E-state index in [1.54, 1.807) is 25.4 Å². The average Bonchev–Trinajstić information content (AvgIpc) is 2.72. The van der Waals surface area contributed by atoms with Crippen LogP contribution in [0, 0.1) is 0 Å². The molecule has 0 fully saturated rings. The number of nitrogens with zero attached hydrogens (tertiary/aromatic N) is 3. The van der Waals surface area contributed by atoms with Crippen LogP contribution in [-0.2, 0) is 7.05 Å². The average molecular weight is 318 g/mol. The smallest absolute Gasteiger partial charge is 0.272 e. The molecule has 7 heteroatoms. The SMILES string of the molecule is Cn1ncc(-c2cc(Br)cc(OCC(F)F)c2)n1. The van der Waals surface area contributed by atoms with Crippen molar-refractivity contribution in [3.63, 3.8) is 0 Å². The first kappa shape index (κ1) is 12.9. The highest BCUT2D eigenvalue weighted by Crippen LogP contribution is 2.27. The van der Waals surface area contributed by atoms with Crippen molar-refractivity contribution >= 4 is 15.9 Å². The second-order valence-electron chi connectivity index (χ2n) is 3.60. The number of aryl methyl sites for hydroxylation is 1. The van der Waals surface area contributed by atoms with Crippen LogP contribution in [0.15, 0.2) is 28.9 Å². The highest BCUT2D eigenvalue weighted by atomic mass is 79.9. The fourth-order valence-electron chi connectivity index (χ4n) is 1.43. The number of halogens is 3. The molecule has 0 aliphatic heterocycles. The third-order valence-corrected chi connectivity index (χ3v) is 2.60. The molecule has 18 heavy (non-hydrogen) atoms. The number of alkyl halides is 2. The van der Waals surface area contributed by atoms with Crippen LogP contribution in [0.2, 0.25) is 0 Å². The fraction of sp³-hybridized carbons (Fsp3) is 0.273. The molecular weight excluding hydrogens is 308 g/mol. The van der Waals surface area contributed by atoms with Crippen molar-refractivity contribution in [3.05, 3.63) is 28.9 Å². The van der Waals surface area contributed by atoms with Gasteiger partial charge < -0.3 is 4.74 Å². The quantitative estimate of drug-likeness (QED) is 0.870. The van der Waals surface area contributed by atoms with Crippen LogP contribution >= 0.6 is 15.9 Å². The Labute approximate surface area is 111 Å². The minimum atomic E-state index is -2.50. The Morgan fingerprint density at radius 2 is 2.17 bits per heavy atom. The summed E-state index contributed by atoms with van der Waals surface area (Å²) in [5.74, 6) is 0.366. The molecule has 4 nitrogen and oxygen atoms in total. The molecule has 0 N–H and O–H groups in total. The van der Waals surface area contributed by atoms with Gasteiger partial charge in [-0.1, -0.05) is 15.9 Å². The minimum absolute atomic E-state index is 0.366. The molecule has 0 aliphatic rings. The van der Waals surface area contributed by atoms with Crippen LogP contribution in [-0.4, -0.2) is 28.0 Å². The maximum atomic E-state index is 12.1. The van der Waals surface area contributed by atoms with E-state index in [1.807, 2.05) is 6.07 Å². The van der Waals surface area contributed by atoms with Crippen molar-refractivity contribution in [2.24, 2.45) is 7.05 Å². The summed E-state index contributed by atoms with van der Waals surface area (Å²) in [5.41, 5.74) is 1.41. The van der Waals surface area contributed by atoms with Crippen molar-refractivity contribution in [1.29, 1.82) is 0 Å². The van der Waals surface area contributed by atoms with Gasteiger partial charge in [-0.05, 0) is 18.2 Å². The predicted octanol–water partition coefficient (Wildman–Crippen LogP) is 2.89. The van der Waals surface area contributed by atoms with Gasteiger partial charge in [-0.25, -0.2) is 8.78 Å². The summed E-state index contributed by atoms with van der Waals surface area (Å²) >= 11 is 3.30. The van der Waals surface area contributed by atoms with Crippen LogP contribution < -0.4 is 4.74 Å². The Hall–Kier alpha value is -1.50. The van der Waals surface area contributed by atoms with E-state index in [-0.39, 0.29) is 0 Å². The third-order valence-electron chi connectivity index (χ3n) is 2.14. The maximum Gasteiger partial charge on any atom is 0.272 e. The molecule has 0 unspecified atom stereocenters. The highest BCUT2D eigenvalue weighted by Gasteiger charge is 2.08. The first-order valence-corrected chi connectivity index (χ1v) is 5.92.